The summed E-state index contributed by atoms with van der Waals surface area (Å²) in [5.41, 5.74) is 1.97. The Bertz CT molecular complexity index is 943. The summed E-state index contributed by atoms with van der Waals surface area (Å²) in [6.45, 7) is 2.79. The minimum absolute atomic E-state index is 0.190. The van der Waals surface area contributed by atoms with Gasteiger partial charge in [-0.1, -0.05) is 6.07 Å². The molecule has 0 aliphatic carbocycles. The van der Waals surface area contributed by atoms with E-state index in [1.54, 1.807) is 24.8 Å². The molecule has 0 saturated heterocycles. The van der Waals surface area contributed by atoms with E-state index in [1.807, 2.05) is 25.1 Å². The first-order valence-corrected chi connectivity index (χ1v) is 7.69. The van der Waals surface area contributed by atoms with Crippen molar-refractivity contribution in [1.82, 2.24) is 9.13 Å². The summed E-state index contributed by atoms with van der Waals surface area (Å²) in [5.74, 6) is 0.920. The molecule has 0 fully saturated rings. The predicted molar refractivity (Wildman–Crippen MR) is 90.4 cm³/mol. The number of hydrogen-bond acceptors (Lipinski definition) is 3. The molecule has 5 nitrogen and oxygen atoms in total. The number of aromatic nitrogens is 2. The van der Waals surface area contributed by atoms with Gasteiger partial charge in [0.15, 0.2) is 11.5 Å². The highest BCUT2D eigenvalue weighted by Crippen LogP contribution is 2.28. The lowest BCUT2D eigenvalue weighted by atomic mass is 10.2. The Kier molecular flexibility index (Phi) is 4.29. The van der Waals surface area contributed by atoms with E-state index in [0.717, 1.165) is 5.56 Å². The molecule has 1 aromatic heterocycles. The lowest BCUT2D eigenvalue weighted by Gasteiger charge is -2.11. The minimum atomic E-state index is -0.363. The third-order valence-electron chi connectivity index (χ3n) is 3.98. The van der Waals surface area contributed by atoms with Gasteiger partial charge in [-0.15, -0.1) is 0 Å². The second-order valence-electron chi connectivity index (χ2n) is 5.48. The SMILES string of the molecule is CCOc1cc(Cn2c(=O)n(C)c3cc(F)ccc32)ccc1OC. The molecule has 0 aliphatic rings. The van der Waals surface area contributed by atoms with Crippen molar-refractivity contribution in [3.63, 3.8) is 0 Å². The van der Waals surface area contributed by atoms with Gasteiger partial charge in [0, 0.05) is 7.05 Å². The van der Waals surface area contributed by atoms with Crippen LogP contribution in [0.15, 0.2) is 41.2 Å². The van der Waals surface area contributed by atoms with Crippen LogP contribution in [0.25, 0.3) is 11.0 Å². The van der Waals surface area contributed by atoms with E-state index < -0.39 is 0 Å². The van der Waals surface area contributed by atoms with Crippen LogP contribution in [0.1, 0.15) is 12.5 Å². The highest BCUT2D eigenvalue weighted by atomic mass is 19.1. The average molecular weight is 330 g/mol. The minimum Gasteiger partial charge on any atom is -0.493 e. The van der Waals surface area contributed by atoms with Crippen LogP contribution in [0.4, 0.5) is 4.39 Å². The molecule has 24 heavy (non-hydrogen) atoms. The molecule has 6 heteroatoms. The first-order valence-electron chi connectivity index (χ1n) is 7.69. The molecule has 0 bridgehead atoms. The Morgan fingerprint density at radius 2 is 1.88 bits per heavy atom. The number of rotatable bonds is 5. The number of aryl methyl sites for hydroxylation is 1. The molecule has 1 heterocycles. The summed E-state index contributed by atoms with van der Waals surface area (Å²) in [6.07, 6.45) is 0. The van der Waals surface area contributed by atoms with Crippen molar-refractivity contribution in [3.8, 4) is 11.5 Å². The molecule has 3 aromatic rings. The quantitative estimate of drug-likeness (QED) is 0.722. The van der Waals surface area contributed by atoms with Crippen molar-refractivity contribution in [2.75, 3.05) is 13.7 Å². The molecule has 3 rings (SSSR count). The Morgan fingerprint density at radius 1 is 1.08 bits per heavy atom. The Hall–Kier alpha value is -2.76. The van der Waals surface area contributed by atoms with Crippen molar-refractivity contribution in [2.45, 2.75) is 13.5 Å². The van der Waals surface area contributed by atoms with Gasteiger partial charge in [-0.05, 0) is 42.8 Å². The lowest BCUT2D eigenvalue weighted by molar-refractivity contribution is 0.310. The zero-order valence-corrected chi connectivity index (χ0v) is 13.9. The standard InChI is InChI=1S/C18H19FN2O3/c1-4-24-17-9-12(5-8-16(17)23-3)11-21-14-7-6-13(19)10-15(14)20(2)18(21)22/h5-10H,4,11H2,1-3H3. The molecule has 0 N–H and O–H groups in total. The lowest BCUT2D eigenvalue weighted by Crippen LogP contribution is -2.22. The fourth-order valence-corrected chi connectivity index (χ4v) is 2.80. The van der Waals surface area contributed by atoms with Gasteiger partial charge in [-0.25, -0.2) is 9.18 Å². The van der Waals surface area contributed by atoms with Gasteiger partial charge in [0.25, 0.3) is 0 Å². The van der Waals surface area contributed by atoms with Gasteiger partial charge in [-0.3, -0.25) is 9.13 Å². The summed E-state index contributed by atoms with van der Waals surface area (Å²) in [5, 5.41) is 0. The largest absolute Gasteiger partial charge is 0.493 e. The van der Waals surface area contributed by atoms with Crippen LogP contribution in [0.2, 0.25) is 0 Å². The Balaban J connectivity index is 2.06. The Morgan fingerprint density at radius 3 is 2.58 bits per heavy atom. The van der Waals surface area contributed by atoms with Crippen molar-refractivity contribution < 1.29 is 13.9 Å². The van der Waals surface area contributed by atoms with Crippen LogP contribution >= 0.6 is 0 Å². The molecular formula is C18H19FN2O3. The number of hydrogen-bond donors (Lipinski definition) is 0. The third kappa shape index (κ3) is 2.75. The maximum atomic E-state index is 13.5. The second kappa shape index (κ2) is 6.39. The van der Waals surface area contributed by atoms with Crippen molar-refractivity contribution in [2.24, 2.45) is 7.05 Å². The zero-order chi connectivity index (χ0) is 17.3. The molecule has 0 spiro atoms. The van der Waals surface area contributed by atoms with Crippen LogP contribution in [0.5, 0.6) is 11.5 Å². The molecule has 0 aliphatic heterocycles. The highest BCUT2D eigenvalue weighted by Gasteiger charge is 2.13. The van der Waals surface area contributed by atoms with E-state index in [4.69, 9.17) is 9.47 Å². The van der Waals surface area contributed by atoms with Gasteiger partial charge in [0.2, 0.25) is 0 Å². The summed E-state index contributed by atoms with van der Waals surface area (Å²) in [7, 11) is 3.22. The van der Waals surface area contributed by atoms with Gasteiger partial charge in [-0.2, -0.15) is 0 Å². The molecule has 0 radical (unpaired) electrons. The van der Waals surface area contributed by atoms with Crippen LogP contribution in [0.3, 0.4) is 0 Å². The number of benzene rings is 2. The number of imidazole rings is 1. The van der Waals surface area contributed by atoms with E-state index in [-0.39, 0.29) is 11.5 Å². The first kappa shape index (κ1) is 16.1. The molecule has 126 valence electrons. The first-order chi connectivity index (χ1) is 11.5. The van der Waals surface area contributed by atoms with Crippen molar-refractivity contribution in [3.05, 3.63) is 58.3 Å². The number of nitrogens with zero attached hydrogens (tertiary/aromatic N) is 2. The third-order valence-corrected chi connectivity index (χ3v) is 3.98. The van der Waals surface area contributed by atoms with Crippen molar-refractivity contribution in [1.29, 1.82) is 0 Å². The monoisotopic (exact) mass is 330 g/mol. The van der Waals surface area contributed by atoms with E-state index in [2.05, 4.69) is 0 Å². The molecular weight excluding hydrogens is 311 g/mol. The molecule has 0 unspecified atom stereocenters. The van der Waals surface area contributed by atoms with E-state index in [9.17, 15) is 9.18 Å². The number of fused-ring (bicyclic) bond motifs is 1. The smallest absolute Gasteiger partial charge is 0.329 e. The van der Waals surface area contributed by atoms with Gasteiger partial charge in [0.1, 0.15) is 5.82 Å². The maximum absolute atomic E-state index is 13.5. The van der Waals surface area contributed by atoms with Crippen LogP contribution in [0, 0.1) is 5.82 Å². The summed E-state index contributed by atoms with van der Waals surface area (Å²) in [6, 6.07) is 9.91. The van der Waals surface area contributed by atoms with Crippen LogP contribution < -0.4 is 15.2 Å². The molecule has 2 aromatic carbocycles. The fraction of sp³-hybridized carbons (Fsp3) is 0.278. The Labute approximate surface area is 138 Å². The number of ether oxygens (including phenoxy) is 2. The molecule has 0 atom stereocenters. The number of methoxy groups -OCH3 is 1. The molecule has 0 saturated carbocycles. The summed E-state index contributed by atoms with van der Waals surface area (Å²) in [4.78, 5) is 12.5. The summed E-state index contributed by atoms with van der Waals surface area (Å²) >= 11 is 0. The van der Waals surface area contributed by atoms with E-state index in [0.29, 0.717) is 35.7 Å². The second-order valence-corrected chi connectivity index (χ2v) is 5.48. The van der Waals surface area contributed by atoms with Crippen LogP contribution in [-0.4, -0.2) is 22.9 Å². The van der Waals surface area contributed by atoms with Crippen molar-refractivity contribution >= 4 is 11.0 Å². The predicted octanol–water partition coefficient (Wildman–Crippen LogP) is 2.93. The fourth-order valence-electron chi connectivity index (χ4n) is 2.80. The number of halogens is 1. The normalized spacial score (nSPS) is 11.0. The highest BCUT2D eigenvalue weighted by molar-refractivity contribution is 5.76. The summed E-state index contributed by atoms with van der Waals surface area (Å²) < 4.78 is 27.4. The zero-order valence-electron chi connectivity index (χ0n) is 13.9. The van der Waals surface area contributed by atoms with Gasteiger partial charge < -0.3 is 9.47 Å². The van der Waals surface area contributed by atoms with Gasteiger partial charge >= 0.3 is 5.69 Å². The van der Waals surface area contributed by atoms with Gasteiger partial charge in [0.05, 0.1) is 31.3 Å². The topological polar surface area (TPSA) is 45.4 Å². The van der Waals surface area contributed by atoms with Crippen LogP contribution in [-0.2, 0) is 13.6 Å². The maximum Gasteiger partial charge on any atom is 0.329 e. The molecule has 0 amide bonds. The van der Waals surface area contributed by atoms with E-state index >= 15 is 0 Å². The van der Waals surface area contributed by atoms with E-state index in [1.165, 1.54) is 16.7 Å². The average Bonchev–Trinajstić information content (AvgIpc) is 2.80.